The predicted molar refractivity (Wildman–Crippen MR) is 78.8 cm³/mol. The standard InChI is InChI=1S/C16H12F3NS/c17-11-2-1-10-6-16(21-15(10)8-11)14(20)5-9-3-12(18)7-13(19)4-9/h1-4,6-8,14H,5,20H2. The summed E-state index contributed by atoms with van der Waals surface area (Å²) in [6, 6.07) is 9.43. The molecule has 0 saturated heterocycles. The van der Waals surface area contributed by atoms with Crippen molar-refractivity contribution in [2.45, 2.75) is 12.5 Å². The van der Waals surface area contributed by atoms with Crippen LogP contribution < -0.4 is 5.73 Å². The van der Waals surface area contributed by atoms with Crippen molar-refractivity contribution in [1.29, 1.82) is 0 Å². The Bertz CT molecular complexity index is 777. The number of hydrogen-bond acceptors (Lipinski definition) is 2. The van der Waals surface area contributed by atoms with Crippen molar-refractivity contribution in [2.24, 2.45) is 5.73 Å². The van der Waals surface area contributed by atoms with Crippen molar-refractivity contribution in [3.05, 3.63) is 70.4 Å². The van der Waals surface area contributed by atoms with Gasteiger partial charge in [-0.3, -0.25) is 0 Å². The van der Waals surface area contributed by atoms with Gasteiger partial charge in [-0.2, -0.15) is 0 Å². The molecule has 2 aromatic carbocycles. The third-order valence-electron chi connectivity index (χ3n) is 3.24. The third-order valence-corrected chi connectivity index (χ3v) is 4.47. The molecule has 0 bridgehead atoms. The molecule has 5 heteroatoms. The van der Waals surface area contributed by atoms with Gasteiger partial charge < -0.3 is 5.73 Å². The van der Waals surface area contributed by atoms with Crippen LogP contribution >= 0.6 is 11.3 Å². The average Bonchev–Trinajstić information content (AvgIpc) is 2.80. The van der Waals surface area contributed by atoms with Gasteiger partial charge in [0.1, 0.15) is 17.5 Å². The molecule has 1 unspecified atom stereocenters. The third kappa shape index (κ3) is 3.09. The van der Waals surface area contributed by atoms with Gasteiger partial charge in [0, 0.05) is 21.7 Å². The highest BCUT2D eigenvalue weighted by Gasteiger charge is 2.12. The van der Waals surface area contributed by atoms with E-state index in [-0.39, 0.29) is 11.9 Å². The Morgan fingerprint density at radius 1 is 0.905 bits per heavy atom. The number of halogens is 3. The van der Waals surface area contributed by atoms with E-state index < -0.39 is 11.6 Å². The molecule has 0 fully saturated rings. The number of hydrogen-bond donors (Lipinski definition) is 1. The van der Waals surface area contributed by atoms with E-state index in [1.165, 1.54) is 35.6 Å². The highest BCUT2D eigenvalue weighted by Crippen LogP contribution is 2.31. The summed E-state index contributed by atoms with van der Waals surface area (Å²) in [5, 5.41) is 0.914. The Morgan fingerprint density at radius 3 is 2.33 bits per heavy atom. The summed E-state index contributed by atoms with van der Waals surface area (Å²) in [6.07, 6.45) is 0.323. The highest BCUT2D eigenvalue weighted by molar-refractivity contribution is 7.19. The van der Waals surface area contributed by atoms with E-state index in [0.29, 0.717) is 12.0 Å². The molecule has 2 N–H and O–H groups in total. The van der Waals surface area contributed by atoms with Crippen molar-refractivity contribution < 1.29 is 13.2 Å². The highest BCUT2D eigenvalue weighted by atomic mass is 32.1. The zero-order valence-corrected chi connectivity index (χ0v) is 11.8. The first-order valence-corrected chi connectivity index (χ1v) is 7.22. The molecule has 1 heterocycles. The first kappa shape index (κ1) is 14.1. The lowest BCUT2D eigenvalue weighted by Gasteiger charge is -2.09. The van der Waals surface area contributed by atoms with Crippen LogP contribution in [0, 0.1) is 17.5 Å². The summed E-state index contributed by atoms with van der Waals surface area (Å²) < 4.78 is 40.3. The molecule has 3 aromatic rings. The molecule has 108 valence electrons. The topological polar surface area (TPSA) is 26.0 Å². The molecule has 0 radical (unpaired) electrons. The van der Waals surface area contributed by atoms with Crippen molar-refractivity contribution >= 4 is 21.4 Å². The van der Waals surface area contributed by atoms with Crippen molar-refractivity contribution in [3.8, 4) is 0 Å². The molecular weight excluding hydrogens is 295 g/mol. The molecule has 0 spiro atoms. The Labute approximate surface area is 123 Å². The summed E-state index contributed by atoms with van der Waals surface area (Å²) in [4.78, 5) is 0.861. The largest absolute Gasteiger partial charge is 0.323 e. The summed E-state index contributed by atoms with van der Waals surface area (Å²) in [5.41, 5.74) is 6.60. The quantitative estimate of drug-likeness (QED) is 0.754. The van der Waals surface area contributed by atoms with E-state index in [4.69, 9.17) is 5.73 Å². The van der Waals surface area contributed by atoms with Crippen LogP contribution in [-0.2, 0) is 6.42 Å². The second-order valence-electron chi connectivity index (χ2n) is 4.92. The van der Waals surface area contributed by atoms with Gasteiger partial charge >= 0.3 is 0 Å². The van der Waals surface area contributed by atoms with E-state index in [9.17, 15) is 13.2 Å². The maximum absolute atomic E-state index is 13.2. The van der Waals surface area contributed by atoms with Crippen LogP contribution in [0.4, 0.5) is 13.2 Å². The van der Waals surface area contributed by atoms with Gasteiger partial charge in [0.05, 0.1) is 0 Å². The minimum absolute atomic E-state index is 0.295. The molecule has 0 aliphatic rings. The van der Waals surface area contributed by atoms with Crippen LogP contribution in [0.1, 0.15) is 16.5 Å². The Balaban J connectivity index is 1.87. The molecule has 0 aliphatic carbocycles. The lowest BCUT2D eigenvalue weighted by Crippen LogP contribution is -2.12. The lowest BCUT2D eigenvalue weighted by molar-refractivity contribution is 0.577. The van der Waals surface area contributed by atoms with Crippen molar-refractivity contribution in [3.63, 3.8) is 0 Å². The zero-order chi connectivity index (χ0) is 15.0. The normalized spacial score (nSPS) is 12.8. The maximum Gasteiger partial charge on any atom is 0.126 e. The monoisotopic (exact) mass is 307 g/mol. The van der Waals surface area contributed by atoms with Crippen LogP contribution in [0.25, 0.3) is 10.1 Å². The molecule has 1 aromatic heterocycles. The number of fused-ring (bicyclic) bond motifs is 1. The first-order chi connectivity index (χ1) is 10.0. The molecule has 0 amide bonds. The summed E-state index contributed by atoms with van der Waals surface area (Å²) in [6.45, 7) is 0. The van der Waals surface area contributed by atoms with Crippen LogP contribution in [0.5, 0.6) is 0 Å². The SMILES string of the molecule is NC(Cc1cc(F)cc(F)c1)c1cc2ccc(F)cc2s1. The van der Waals surface area contributed by atoms with Gasteiger partial charge in [0.25, 0.3) is 0 Å². The average molecular weight is 307 g/mol. The molecule has 1 atom stereocenters. The summed E-state index contributed by atoms with van der Waals surface area (Å²) in [5.74, 6) is -1.53. The fraction of sp³-hybridized carbons (Fsp3) is 0.125. The number of benzene rings is 2. The minimum Gasteiger partial charge on any atom is -0.323 e. The van der Waals surface area contributed by atoms with Gasteiger partial charge in [-0.15, -0.1) is 11.3 Å². The Kier molecular flexibility index (Phi) is 3.69. The van der Waals surface area contributed by atoms with E-state index in [1.54, 1.807) is 6.07 Å². The van der Waals surface area contributed by atoms with Gasteiger partial charge in [-0.1, -0.05) is 6.07 Å². The second-order valence-corrected chi connectivity index (χ2v) is 6.03. The Morgan fingerprint density at radius 2 is 1.62 bits per heavy atom. The summed E-state index contributed by atoms with van der Waals surface area (Å²) in [7, 11) is 0. The van der Waals surface area contributed by atoms with Crippen LogP contribution in [0.2, 0.25) is 0 Å². The first-order valence-electron chi connectivity index (χ1n) is 6.41. The molecular formula is C16H12F3NS. The number of nitrogens with two attached hydrogens (primary N) is 1. The minimum atomic E-state index is -0.615. The fourth-order valence-corrected chi connectivity index (χ4v) is 3.38. The van der Waals surface area contributed by atoms with Gasteiger partial charge in [-0.05, 0) is 47.7 Å². The molecule has 1 nitrogen and oxygen atoms in total. The fourth-order valence-electron chi connectivity index (χ4n) is 2.29. The predicted octanol–water partition coefficient (Wildman–Crippen LogP) is 4.56. The second kappa shape index (κ2) is 5.50. The summed E-state index contributed by atoms with van der Waals surface area (Å²) >= 11 is 1.39. The maximum atomic E-state index is 13.2. The van der Waals surface area contributed by atoms with Crippen LogP contribution in [0.15, 0.2) is 42.5 Å². The van der Waals surface area contributed by atoms with Crippen molar-refractivity contribution in [1.82, 2.24) is 0 Å². The van der Waals surface area contributed by atoms with Gasteiger partial charge in [0.15, 0.2) is 0 Å². The molecule has 21 heavy (non-hydrogen) atoms. The smallest absolute Gasteiger partial charge is 0.126 e. The molecule has 0 saturated carbocycles. The molecule has 3 rings (SSSR count). The van der Waals surface area contributed by atoms with Crippen molar-refractivity contribution in [2.75, 3.05) is 0 Å². The van der Waals surface area contributed by atoms with E-state index in [1.807, 2.05) is 6.07 Å². The Hall–Kier alpha value is -1.85. The van der Waals surface area contributed by atoms with Gasteiger partial charge in [0.2, 0.25) is 0 Å². The number of rotatable bonds is 3. The van der Waals surface area contributed by atoms with Crippen LogP contribution in [0.3, 0.4) is 0 Å². The zero-order valence-electron chi connectivity index (χ0n) is 10.9. The van der Waals surface area contributed by atoms with E-state index >= 15 is 0 Å². The number of thiophene rings is 1. The van der Waals surface area contributed by atoms with Crippen LogP contribution in [-0.4, -0.2) is 0 Å². The van der Waals surface area contributed by atoms with E-state index in [0.717, 1.165) is 21.0 Å². The van der Waals surface area contributed by atoms with Gasteiger partial charge in [-0.25, -0.2) is 13.2 Å². The van der Waals surface area contributed by atoms with E-state index in [2.05, 4.69) is 0 Å². The molecule has 0 aliphatic heterocycles. The lowest BCUT2D eigenvalue weighted by atomic mass is 10.0.